The van der Waals surface area contributed by atoms with Crippen molar-refractivity contribution in [2.45, 2.75) is 51.4 Å². The Labute approximate surface area is 180 Å². The zero-order valence-electron chi connectivity index (χ0n) is 17.9. The van der Waals surface area contributed by atoms with E-state index in [1.165, 1.54) is 6.07 Å². The summed E-state index contributed by atoms with van der Waals surface area (Å²) in [5, 5.41) is 7.58. The first kappa shape index (κ1) is 20.8. The smallest absolute Gasteiger partial charge is 0.252 e. The molecule has 0 aliphatic heterocycles. The molecule has 31 heavy (non-hydrogen) atoms. The fourth-order valence-corrected chi connectivity index (χ4v) is 3.46. The Hall–Kier alpha value is -3.42. The number of nitrogens with zero attached hydrogens (tertiary/aromatic N) is 3. The molecule has 1 saturated carbocycles. The Morgan fingerprint density at radius 1 is 1.23 bits per heavy atom. The van der Waals surface area contributed by atoms with Gasteiger partial charge >= 0.3 is 0 Å². The van der Waals surface area contributed by atoms with Crippen LogP contribution >= 0.6 is 0 Å². The molecule has 3 aromatic rings. The van der Waals surface area contributed by atoms with Gasteiger partial charge in [-0.1, -0.05) is 25.5 Å². The van der Waals surface area contributed by atoms with Crippen LogP contribution in [0.5, 0.6) is 5.75 Å². The second-order valence-electron chi connectivity index (χ2n) is 7.85. The third-order valence-electron chi connectivity index (χ3n) is 5.28. The summed E-state index contributed by atoms with van der Waals surface area (Å²) in [6.07, 6.45) is 4.70. The Morgan fingerprint density at radius 2 is 2.00 bits per heavy atom. The molecule has 4 rings (SSSR count). The molecule has 0 spiro atoms. The lowest BCUT2D eigenvalue weighted by atomic mass is 10.1. The second-order valence-corrected chi connectivity index (χ2v) is 7.85. The van der Waals surface area contributed by atoms with Crippen LogP contribution in [0.4, 0.5) is 5.82 Å². The third-order valence-corrected chi connectivity index (χ3v) is 5.28. The number of hydrogen-bond donors (Lipinski definition) is 2. The minimum atomic E-state index is -0.228. The van der Waals surface area contributed by atoms with Crippen LogP contribution in [0, 0.1) is 0 Å². The van der Waals surface area contributed by atoms with Crippen LogP contribution < -0.4 is 15.6 Å². The number of methoxy groups -OCH3 is 1. The van der Waals surface area contributed by atoms with Gasteiger partial charge in [-0.2, -0.15) is 9.78 Å². The molecule has 1 aromatic carbocycles. The first-order valence-electron chi connectivity index (χ1n) is 10.7. The van der Waals surface area contributed by atoms with Crippen LogP contribution in [-0.2, 0) is 17.6 Å². The highest BCUT2D eigenvalue weighted by atomic mass is 16.5. The van der Waals surface area contributed by atoms with Gasteiger partial charge in [0, 0.05) is 30.2 Å². The number of nitrogens with one attached hydrogen (secondary N) is 2. The van der Waals surface area contributed by atoms with Gasteiger partial charge in [0.2, 0.25) is 11.9 Å². The van der Waals surface area contributed by atoms with Gasteiger partial charge in [0.25, 0.3) is 5.56 Å². The van der Waals surface area contributed by atoms with Crippen LogP contribution in [0.15, 0.2) is 41.2 Å². The van der Waals surface area contributed by atoms with Crippen LogP contribution in [0.25, 0.3) is 5.95 Å². The molecular weight excluding hydrogens is 394 g/mol. The van der Waals surface area contributed by atoms with Gasteiger partial charge in [0.05, 0.1) is 12.8 Å². The maximum absolute atomic E-state index is 12.7. The Balaban J connectivity index is 1.52. The van der Waals surface area contributed by atoms with Crippen LogP contribution in [-0.4, -0.2) is 32.8 Å². The standard InChI is InChI=1S/C23H27N5O3/c1-3-4-17-13-22(30)26-23(24-17)28-20(14-19(27-28)16-8-9-16)25-21(29)12-7-15-5-10-18(31-2)11-6-15/h5-6,10-11,13-14,16H,3-4,7-9,12H2,1-2H3,(H,25,29)(H,24,26,30). The molecule has 8 nitrogen and oxygen atoms in total. The Morgan fingerprint density at radius 3 is 2.68 bits per heavy atom. The fraction of sp³-hybridized carbons (Fsp3) is 0.391. The summed E-state index contributed by atoms with van der Waals surface area (Å²) in [5.74, 6) is 1.93. The van der Waals surface area contributed by atoms with Gasteiger partial charge in [0.1, 0.15) is 11.6 Å². The quantitative estimate of drug-likeness (QED) is 0.552. The average molecular weight is 422 g/mol. The van der Waals surface area contributed by atoms with Crippen molar-refractivity contribution in [2.24, 2.45) is 0 Å². The average Bonchev–Trinajstić information content (AvgIpc) is 3.53. The number of rotatable bonds is 9. The summed E-state index contributed by atoms with van der Waals surface area (Å²) in [4.78, 5) is 32.1. The first-order chi connectivity index (χ1) is 15.1. The summed E-state index contributed by atoms with van der Waals surface area (Å²) in [6, 6.07) is 11.1. The minimum Gasteiger partial charge on any atom is -0.497 e. The number of carbonyl (C=O) groups is 1. The second kappa shape index (κ2) is 9.16. The van der Waals surface area contributed by atoms with Crippen LogP contribution in [0.1, 0.15) is 55.5 Å². The summed E-state index contributed by atoms with van der Waals surface area (Å²) in [6.45, 7) is 2.04. The van der Waals surface area contributed by atoms with E-state index in [1.807, 2.05) is 37.3 Å². The molecule has 0 atom stereocenters. The number of anilines is 1. The van der Waals surface area contributed by atoms with Gasteiger partial charge < -0.3 is 10.1 Å². The van der Waals surface area contributed by atoms with E-state index in [9.17, 15) is 9.59 Å². The van der Waals surface area contributed by atoms with Crippen molar-refractivity contribution in [3.05, 3.63) is 63.7 Å². The number of H-pyrrole nitrogens is 1. The molecule has 2 N–H and O–H groups in total. The number of ether oxygens (including phenoxy) is 1. The van der Waals surface area contributed by atoms with Crippen molar-refractivity contribution in [1.82, 2.24) is 19.7 Å². The molecule has 1 aliphatic rings. The maximum Gasteiger partial charge on any atom is 0.252 e. The van der Waals surface area contributed by atoms with E-state index in [1.54, 1.807) is 11.8 Å². The number of aromatic nitrogens is 4. The van der Waals surface area contributed by atoms with Crippen molar-refractivity contribution in [2.75, 3.05) is 12.4 Å². The first-order valence-corrected chi connectivity index (χ1v) is 10.7. The van der Waals surface area contributed by atoms with Crippen molar-refractivity contribution in [1.29, 1.82) is 0 Å². The Kier molecular flexibility index (Phi) is 6.16. The maximum atomic E-state index is 12.7. The number of hydrogen-bond acceptors (Lipinski definition) is 5. The zero-order chi connectivity index (χ0) is 21.8. The highest BCUT2D eigenvalue weighted by Gasteiger charge is 2.28. The zero-order valence-corrected chi connectivity index (χ0v) is 17.9. The highest BCUT2D eigenvalue weighted by molar-refractivity contribution is 5.90. The number of aromatic amines is 1. The lowest BCUT2D eigenvalue weighted by Crippen LogP contribution is -2.19. The largest absolute Gasteiger partial charge is 0.497 e. The van der Waals surface area contributed by atoms with E-state index in [-0.39, 0.29) is 11.5 Å². The van der Waals surface area contributed by atoms with Crippen LogP contribution in [0.3, 0.4) is 0 Å². The third kappa shape index (κ3) is 5.20. The van der Waals surface area contributed by atoms with E-state index < -0.39 is 0 Å². The van der Waals surface area contributed by atoms with E-state index >= 15 is 0 Å². The molecule has 0 radical (unpaired) electrons. The van der Waals surface area contributed by atoms with Crippen molar-refractivity contribution in [3.8, 4) is 11.7 Å². The molecule has 1 aliphatic carbocycles. The highest BCUT2D eigenvalue weighted by Crippen LogP contribution is 2.40. The van der Waals surface area contributed by atoms with Gasteiger partial charge in [-0.25, -0.2) is 4.98 Å². The molecule has 0 unspecified atom stereocenters. The molecule has 1 amide bonds. The number of benzene rings is 1. The summed E-state index contributed by atoms with van der Waals surface area (Å²) < 4.78 is 6.71. The summed E-state index contributed by atoms with van der Waals surface area (Å²) in [5.41, 5.74) is 2.45. The predicted molar refractivity (Wildman–Crippen MR) is 118 cm³/mol. The predicted octanol–water partition coefficient (Wildman–Crippen LogP) is 3.37. The van der Waals surface area contributed by atoms with Gasteiger partial charge in [-0.3, -0.25) is 14.6 Å². The van der Waals surface area contributed by atoms with Crippen molar-refractivity contribution in [3.63, 3.8) is 0 Å². The molecule has 0 saturated heterocycles. The van der Waals surface area contributed by atoms with Gasteiger partial charge in [-0.15, -0.1) is 0 Å². The number of amides is 1. The lowest BCUT2D eigenvalue weighted by Gasteiger charge is -2.09. The van der Waals surface area contributed by atoms with E-state index in [2.05, 4.69) is 20.4 Å². The topological polar surface area (TPSA) is 102 Å². The van der Waals surface area contributed by atoms with Gasteiger partial charge in [-0.05, 0) is 43.4 Å². The molecule has 162 valence electrons. The Bertz CT molecular complexity index is 1110. The molecule has 1 fully saturated rings. The monoisotopic (exact) mass is 421 g/mol. The van der Waals surface area contributed by atoms with E-state index in [0.717, 1.165) is 36.3 Å². The molecule has 2 aromatic heterocycles. The fourth-order valence-electron chi connectivity index (χ4n) is 3.46. The normalized spacial score (nSPS) is 13.2. The number of carbonyl (C=O) groups excluding carboxylic acids is 1. The molecule has 8 heteroatoms. The number of aryl methyl sites for hydroxylation is 2. The van der Waals surface area contributed by atoms with Crippen molar-refractivity contribution < 1.29 is 9.53 Å². The van der Waals surface area contributed by atoms with E-state index in [0.29, 0.717) is 42.6 Å². The molecule has 0 bridgehead atoms. The SMILES string of the molecule is CCCc1cc(=O)[nH]c(-n2nc(C3CC3)cc2NC(=O)CCc2ccc(OC)cc2)n1. The molecular formula is C23H27N5O3. The van der Waals surface area contributed by atoms with E-state index in [4.69, 9.17) is 4.74 Å². The minimum absolute atomic E-state index is 0.119. The summed E-state index contributed by atoms with van der Waals surface area (Å²) >= 11 is 0. The van der Waals surface area contributed by atoms with Gasteiger partial charge in [0.15, 0.2) is 0 Å². The van der Waals surface area contributed by atoms with Crippen LogP contribution in [0.2, 0.25) is 0 Å². The lowest BCUT2D eigenvalue weighted by molar-refractivity contribution is -0.116. The van der Waals surface area contributed by atoms with Crippen molar-refractivity contribution >= 4 is 11.7 Å². The molecule has 2 heterocycles. The summed E-state index contributed by atoms with van der Waals surface area (Å²) in [7, 11) is 1.63.